The first kappa shape index (κ1) is 18.6. The standard InChI is InChI=1S/C26H26N4/c1-4-29-25-8-6-5-7-22(25)23-17-21(13-14-26(23)29)30-24(15-16-27-30)20-11-9-19(10-12-20)18-28(2)3/h5-17H,4,18H2,1-3H3. The van der Waals surface area contributed by atoms with E-state index in [9.17, 15) is 0 Å². The van der Waals surface area contributed by atoms with Gasteiger partial charge in [-0.05, 0) is 56.9 Å². The summed E-state index contributed by atoms with van der Waals surface area (Å²) in [6.45, 7) is 4.10. The zero-order valence-corrected chi connectivity index (χ0v) is 17.7. The van der Waals surface area contributed by atoms with Crippen molar-refractivity contribution in [1.82, 2.24) is 19.2 Å². The van der Waals surface area contributed by atoms with Gasteiger partial charge in [-0.25, -0.2) is 4.68 Å². The molecule has 4 nitrogen and oxygen atoms in total. The Morgan fingerprint density at radius 1 is 0.833 bits per heavy atom. The molecule has 0 aliphatic rings. The van der Waals surface area contributed by atoms with Crippen molar-refractivity contribution in [2.24, 2.45) is 0 Å². The first-order valence-electron chi connectivity index (χ1n) is 10.4. The molecule has 0 fully saturated rings. The van der Waals surface area contributed by atoms with Crippen LogP contribution in [0.4, 0.5) is 0 Å². The van der Waals surface area contributed by atoms with E-state index in [4.69, 9.17) is 0 Å². The number of benzene rings is 3. The van der Waals surface area contributed by atoms with Crippen LogP contribution in [0.5, 0.6) is 0 Å². The molecule has 2 aromatic heterocycles. The smallest absolute Gasteiger partial charge is 0.0740 e. The number of hydrogen-bond donors (Lipinski definition) is 0. The average molecular weight is 395 g/mol. The molecule has 0 unspecified atom stereocenters. The fourth-order valence-electron chi connectivity index (χ4n) is 4.39. The molecule has 0 N–H and O–H groups in total. The number of hydrogen-bond acceptors (Lipinski definition) is 2. The van der Waals surface area contributed by atoms with Gasteiger partial charge in [-0.1, -0.05) is 42.5 Å². The van der Waals surface area contributed by atoms with E-state index in [0.29, 0.717) is 0 Å². The molecule has 0 bridgehead atoms. The number of nitrogens with zero attached hydrogens (tertiary/aromatic N) is 4. The molecule has 2 heterocycles. The van der Waals surface area contributed by atoms with Gasteiger partial charge in [0.25, 0.3) is 0 Å². The molecular weight excluding hydrogens is 368 g/mol. The second kappa shape index (κ2) is 7.47. The minimum absolute atomic E-state index is 0.942. The third kappa shape index (κ3) is 3.10. The van der Waals surface area contributed by atoms with Crippen molar-refractivity contribution in [3.05, 3.63) is 84.6 Å². The van der Waals surface area contributed by atoms with Gasteiger partial charge in [-0.2, -0.15) is 5.10 Å². The minimum Gasteiger partial charge on any atom is -0.341 e. The first-order chi connectivity index (χ1) is 14.7. The fraction of sp³-hybridized carbons (Fsp3) is 0.192. The monoisotopic (exact) mass is 394 g/mol. The number of aryl methyl sites for hydroxylation is 1. The van der Waals surface area contributed by atoms with E-state index in [1.54, 1.807) is 0 Å². The van der Waals surface area contributed by atoms with Crippen LogP contribution in [0.3, 0.4) is 0 Å². The maximum absolute atomic E-state index is 4.65. The SMILES string of the molecule is CCn1c2ccccc2c2cc(-n3nccc3-c3ccc(CN(C)C)cc3)ccc21. The molecule has 0 saturated heterocycles. The van der Waals surface area contributed by atoms with Crippen molar-refractivity contribution >= 4 is 21.8 Å². The molecule has 30 heavy (non-hydrogen) atoms. The summed E-state index contributed by atoms with van der Waals surface area (Å²) in [7, 11) is 4.18. The summed E-state index contributed by atoms with van der Waals surface area (Å²) < 4.78 is 4.42. The molecule has 3 aromatic carbocycles. The minimum atomic E-state index is 0.942. The lowest BCUT2D eigenvalue weighted by Gasteiger charge is -2.11. The molecule has 0 saturated carbocycles. The summed E-state index contributed by atoms with van der Waals surface area (Å²) in [6, 6.07) is 26.2. The Hall–Kier alpha value is -3.37. The summed E-state index contributed by atoms with van der Waals surface area (Å²) in [5.74, 6) is 0. The maximum Gasteiger partial charge on any atom is 0.0740 e. The zero-order valence-electron chi connectivity index (χ0n) is 17.7. The van der Waals surface area contributed by atoms with Gasteiger partial charge in [0, 0.05) is 40.5 Å². The van der Waals surface area contributed by atoms with E-state index in [0.717, 1.165) is 24.5 Å². The van der Waals surface area contributed by atoms with Crippen molar-refractivity contribution < 1.29 is 0 Å². The number of fused-ring (bicyclic) bond motifs is 3. The number of rotatable bonds is 5. The molecule has 0 radical (unpaired) electrons. The van der Waals surface area contributed by atoms with Crippen LogP contribution in [0, 0.1) is 0 Å². The first-order valence-corrected chi connectivity index (χ1v) is 10.4. The van der Waals surface area contributed by atoms with Crippen LogP contribution in [0.25, 0.3) is 38.8 Å². The second-order valence-corrected chi connectivity index (χ2v) is 8.03. The summed E-state index contributed by atoms with van der Waals surface area (Å²) in [4.78, 5) is 2.18. The predicted octanol–water partition coefficient (Wildman–Crippen LogP) is 5.73. The van der Waals surface area contributed by atoms with E-state index in [1.807, 2.05) is 10.9 Å². The van der Waals surface area contributed by atoms with Crippen LogP contribution in [0.2, 0.25) is 0 Å². The lowest BCUT2D eigenvalue weighted by molar-refractivity contribution is 0.402. The summed E-state index contributed by atoms with van der Waals surface area (Å²) in [5, 5.41) is 7.21. The van der Waals surface area contributed by atoms with Crippen LogP contribution in [0.15, 0.2) is 79.0 Å². The Morgan fingerprint density at radius 3 is 2.37 bits per heavy atom. The Morgan fingerprint density at radius 2 is 1.60 bits per heavy atom. The normalized spacial score (nSPS) is 11.7. The van der Waals surface area contributed by atoms with Gasteiger partial charge in [0.05, 0.1) is 17.6 Å². The third-order valence-corrected chi connectivity index (χ3v) is 5.71. The van der Waals surface area contributed by atoms with Crippen LogP contribution in [-0.2, 0) is 13.1 Å². The topological polar surface area (TPSA) is 26.0 Å². The Labute approximate surface area is 177 Å². The molecule has 5 rings (SSSR count). The van der Waals surface area contributed by atoms with E-state index in [-0.39, 0.29) is 0 Å². The average Bonchev–Trinajstić information content (AvgIpc) is 3.36. The van der Waals surface area contributed by atoms with Gasteiger partial charge in [0.2, 0.25) is 0 Å². The highest BCUT2D eigenvalue weighted by molar-refractivity contribution is 6.08. The van der Waals surface area contributed by atoms with Crippen molar-refractivity contribution in [2.75, 3.05) is 14.1 Å². The van der Waals surface area contributed by atoms with Crippen LogP contribution >= 0.6 is 0 Å². The van der Waals surface area contributed by atoms with Gasteiger partial charge in [-0.3, -0.25) is 0 Å². The summed E-state index contributed by atoms with van der Waals surface area (Å²) in [6.07, 6.45) is 1.88. The van der Waals surface area contributed by atoms with Gasteiger partial charge >= 0.3 is 0 Å². The predicted molar refractivity (Wildman–Crippen MR) is 125 cm³/mol. The Balaban J connectivity index is 1.61. The number of aromatic nitrogens is 3. The van der Waals surface area contributed by atoms with Crippen molar-refractivity contribution in [2.45, 2.75) is 20.0 Å². The molecule has 4 heteroatoms. The highest BCUT2D eigenvalue weighted by Gasteiger charge is 2.13. The Bertz CT molecular complexity index is 1320. The quantitative estimate of drug-likeness (QED) is 0.380. The Kier molecular flexibility index (Phi) is 4.64. The van der Waals surface area contributed by atoms with Gasteiger partial charge in [0.15, 0.2) is 0 Å². The summed E-state index contributed by atoms with van der Waals surface area (Å²) >= 11 is 0. The molecule has 0 amide bonds. The number of para-hydroxylation sites is 1. The molecule has 0 aliphatic heterocycles. The van der Waals surface area contributed by atoms with E-state index in [1.165, 1.54) is 32.9 Å². The van der Waals surface area contributed by atoms with E-state index >= 15 is 0 Å². The van der Waals surface area contributed by atoms with Crippen LogP contribution < -0.4 is 0 Å². The van der Waals surface area contributed by atoms with Crippen LogP contribution in [-0.4, -0.2) is 33.3 Å². The van der Waals surface area contributed by atoms with E-state index < -0.39 is 0 Å². The molecular formula is C26H26N4. The van der Waals surface area contributed by atoms with E-state index in [2.05, 4.69) is 108 Å². The highest BCUT2D eigenvalue weighted by atomic mass is 15.3. The fourth-order valence-corrected chi connectivity index (χ4v) is 4.39. The third-order valence-electron chi connectivity index (χ3n) is 5.71. The lowest BCUT2D eigenvalue weighted by Crippen LogP contribution is -2.10. The lowest BCUT2D eigenvalue weighted by atomic mass is 10.1. The van der Waals surface area contributed by atoms with Crippen molar-refractivity contribution in [3.63, 3.8) is 0 Å². The zero-order chi connectivity index (χ0) is 20.7. The molecule has 150 valence electrons. The molecule has 0 aliphatic carbocycles. The van der Waals surface area contributed by atoms with Gasteiger partial charge in [-0.15, -0.1) is 0 Å². The maximum atomic E-state index is 4.65. The van der Waals surface area contributed by atoms with Crippen LogP contribution in [0.1, 0.15) is 12.5 Å². The van der Waals surface area contributed by atoms with Gasteiger partial charge < -0.3 is 9.47 Å². The van der Waals surface area contributed by atoms with Crippen molar-refractivity contribution in [1.29, 1.82) is 0 Å². The second-order valence-electron chi connectivity index (χ2n) is 8.03. The molecule has 0 spiro atoms. The highest BCUT2D eigenvalue weighted by Crippen LogP contribution is 2.32. The van der Waals surface area contributed by atoms with Crippen molar-refractivity contribution in [3.8, 4) is 16.9 Å². The molecule has 0 atom stereocenters. The summed E-state index contributed by atoms with van der Waals surface area (Å²) in [5.41, 5.74) is 7.21. The molecule has 5 aromatic rings. The largest absolute Gasteiger partial charge is 0.341 e. The van der Waals surface area contributed by atoms with Gasteiger partial charge in [0.1, 0.15) is 0 Å².